The van der Waals surface area contributed by atoms with Gasteiger partial charge in [0.25, 0.3) is 11.2 Å². The van der Waals surface area contributed by atoms with Crippen LogP contribution in [-0.4, -0.2) is 22.1 Å². The SMILES string of the molecule is O=c1ccc([N+](=O)[O-])cn1CCN[C@@H]1CCC[C@H]1c1ccccc1. The molecule has 2 aromatic rings. The van der Waals surface area contributed by atoms with E-state index in [1.54, 1.807) is 0 Å². The van der Waals surface area contributed by atoms with Gasteiger partial charge < -0.3 is 9.88 Å². The quantitative estimate of drug-likeness (QED) is 0.653. The molecule has 6 nitrogen and oxygen atoms in total. The number of hydrogen-bond donors (Lipinski definition) is 1. The van der Waals surface area contributed by atoms with E-state index in [4.69, 9.17) is 0 Å². The van der Waals surface area contributed by atoms with E-state index < -0.39 is 4.92 Å². The van der Waals surface area contributed by atoms with E-state index in [2.05, 4.69) is 29.6 Å². The molecule has 1 saturated carbocycles. The van der Waals surface area contributed by atoms with Crippen LogP contribution in [0.1, 0.15) is 30.7 Å². The molecule has 3 rings (SSSR count). The second-order valence-corrected chi connectivity index (χ2v) is 6.18. The summed E-state index contributed by atoms with van der Waals surface area (Å²) in [4.78, 5) is 22.2. The molecule has 0 aliphatic heterocycles. The summed E-state index contributed by atoms with van der Waals surface area (Å²) >= 11 is 0. The minimum Gasteiger partial charge on any atom is -0.312 e. The summed E-state index contributed by atoms with van der Waals surface area (Å²) in [5.74, 6) is 0.494. The monoisotopic (exact) mass is 327 g/mol. The first kappa shape index (κ1) is 16.4. The Morgan fingerprint density at radius 1 is 1.17 bits per heavy atom. The molecule has 2 atom stereocenters. The molecule has 0 unspecified atom stereocenters. The van der Waals surface area contributed by atoms with E-state index in [1.165, 1.54) is 41.3 Å². The Morgan fingerprint density at radius 3 is 2.71 bits per heavy atom. The zero-order valence-corrected chi connectivity index (χ0v) is 13.4. The molecule has 1 aromatic heterocycles. The highest BCUT2D eigenvalue weighted by molar-refractivity contribution is 5.25. The molecule has 1 N–H and O–H groups in total. The van der Waals surface area contributed by atoms with Crippen LogP contribution in [0.15, 0.2) is 53.5 Å². The molecular formula is C18H21N3O3. The van der Waals surface area contributed by atoms with E-state index in [1.807, 2.05) is 6.07 Å². The number of aromatic nitrogens is 1. The van der Waals surface area contributed by atoms with Crippen molar-refractivity contribution in [2.75, 3.05) is 6.54 Å². The lowest BCUT2D eigenvalue weighted by Gasteiger charge is -2.21. The molecule has 126 valence electrons. The minimum atomic E-state index is -0.480. The van der Waals surface area contributed by atoms with Crippen molar-refractivity contribution in [1.29, 1.82) is 0 Å². The van der Waals surface area contributed by atoms with Crippen molar-refractivity contribution in [3.8, 4) is 0 Å². The number of rotatable bonds is 6. The summed E-state index contributed by atoms with van der Waals surface area (Å²) in [6.45, 7) is 1.05. The number of nitrogens with one attached hydrogen (secondary N) is 1. The fraction of sp³-hybridized carbons (Fsp3) is 0.389. The minimum absolute atomic E-state index is 0.0578. The fourth-order valence-corrected chi connectivity index (χ4v) is 3.48. The standard InChI is InChI=1S/C18H21N3O3/c22-18-10-9-15(21(23)24)13-20(18)12-11-19-17-8-4-7-16(17)14-5-2-1-3-6-14/h1-3,5-6,9-10,13,16-17,19H,4,7-8,11-12H2/t16-,17+/m0/s1. The van der Waals surface area contributed by atoms with Gasteiger partial charge in [-0.1, -0.05) is 36.8 Å². The molecular weight excluding hydrogens is 306 g/mol. The molecule has 0 spiro atoms. The Kier molecular flexibility index (Phi) is 5.05. The molecule has 1 aromatic carbocycles. The van der Waals surface area contributed by atoms with Crippen molar-refractivity contribution < 1.29 is 4.92 Å². The van der Waals surface area contributed by atoms with Crippen molar-refractivity contribution in [3.63, 3.8) is 0 Å². The highest BCUT2D eigenvalue weighted by Crippen LogP contribution is 2.34. The summed E-state index contributed by atoms with van der Waals surface area (Å²) in [6.07, 6.45) is 4.78. The number of benzene rings is 1. The van der Waals surface area contributed by atoms with E-state index in [-0.39, 0.29) is 11.2 Å². The Labute approximate surface area is 140 Å². The number of nitrogens with zero attached hydrogens (tertiary/aromatic N) is 2. The van der Waals surface area contributed by atoms with Crippen molar-refractivity contribution in [2.24, 2.45) is 0 Å². The van der Waals surface area contributed by atoms with E-state index in [0.29, 0.717) is 25.0 Å². The van der Waals surface area contributed by atoms with Crippen molar-refractivity contribution in [2.45, 2.75) is 37.8 Å². The summed E-state index contributed by atoms with van der Waals surface area (Å²) in [6, 6.07) is 13.4. The first-order valence-corrected chi connectivity index (χ1v) is 8.28. The Balaban J connectivity index is 1.61. The van der Waals surface area contributed by atoms with Crippen LogP contribution >= 0.6 is 0 Å². The Bertz CT molecular complexity index is 758. The first-order chi connectivity index (χ1) is 11.6. The summed E-state index contributed by atoms with van der Waals surface area (Å²) < 4.78 is 1.40. The Hall–Kier alpha value is -2.47. The van der Waals surface area contributed by atoms with E-state index >= 15 is 0 Å². The van der Waals surface area contributed by atoms with Gasteiger partial charge >= 0.3 is 0 Å². The van der Waals surface area contributed by atoms with E-state index in [0.717, 1.165) is 6.42 Å². The molecule has 1 fully saturated rings. The van der Waals surface area contributed by atoms with Crippen molar-refractivity contribution in [1.82, 2.24) is 9.88 Å². The van der Waals surface area contributed by atoms with Crippen molar-refractivity contribution >= 4 is 5.69 Å². The molecule has 0 saturated heterocycles. The predicted molar refractivity (Wildman–Crippen MR) is 92.2 cm³/mol. The molecule has 0 radical (unpaired) electrons. The molecule has 24 heavy (non-hydrogen) atoms. The molecule has 1 aliphatic rings. The van der Waals surface area contributed by atoms with Crippen LogP contribution in [-0.2, 0) is 6.54 Å². The van der Waals surface area contributed by atoms with Crippen LogP contribution < -0.4 is 10.9 Å². The first-order valence-electron chi connectivity index (χ1n) is 8.28. The average Bonchev–Trinajstić information content (AvgIpc) is 3.05. The normalized spacial score (nSPS) is 20.2. The third-order valence-corrected chi connectivity index (χ3v) is 4.68. The number of hydrogen-bond acceptors (Lipinski definition) is 4. The lowest BCUT2D eigenvalue weighted by molar-refractivity contribution is -0.385. The van der Waals surface area contributed by atoms with Gasteiger partial charge in [-0.2, -0.15) is 0 Å². The van der Waals surface area contributed by atoms with Gasteiger partial charge in [-0.3, -0.25) is 14.9 Å². The second-order valence-electron chi connectivity index (χ2n) is 6.18. The zero-order chi connectivity index (χ0) is 16.9. The zero-order valence-electron chi connectivity index (χ0n) is 13.4. The van der Waals surface area contributed by atoms with Crippen LogP contribution in [0.2, 0.25) is 0 Å². The van der Waals surface area contributed by atoms with Gasteiger partial charge in [0.05, 0.1) is 11.1 Å². The maximum atomic E-state index is 11.8. The summed E-state index contributed by atoms with van der Waals surface area (Å²) in [5.41, 5.74) is 1.08. The van der Waals surface area contributed by atoms with Gasteiger partial charge in [-0.25, -0.2) is 0 Å². The highest BCUT2D eigenvalue weighted by Gasteiger charge is 2.27. The van der Waals surface area contributed by atoms with Gasteiger partial charge in [-0.05, 0) is 24.3 Å². The average molecular weight is 327 g/mol. The second kappa shape index (κ2) is 7.40. The van der Waals surface area contributed by atoms with Gasteiger partial charge in [-0.15, -0.1) is 0 Å². The smallest absolute Gasteiger partial charge is 0.285 e. The summed E-state index contributed by atoms with van der Waals surface area (Å²) in [7, 11) is 0. The van der Waals surface area contributed by atoms with Gasteiger partial charge in [0, 0.05) is 31.3 Å². The number of pyridine rings is 1. The molecule has 0 amide bonds. The molecule has 1 heterocycles. The Morgan fingerprint density at radius 2 is 1.96 bits per heavy atom. The topological polar surface area (TPSA) is 77.2 Å². The van der Waals surface area contributed by atoms with Crippen LogP contribution in [0.25, 0.3) is 0 Å². The van der Waals surface area contributed by atoms with Gasteiger partial charge in [0.1, 0.15) is 0 Å². The number of nitro groups is 1. The van der Waals surface area contributed by atoms with Crippen LogP contribution in [0, 0.1) is 10.1 Å². The summed E-state index contributed by atoms with van der Waals surface area (Å²) in [5, 5.41) is 14.3. The third kappa shape index (κ3) is 3.71. The van der Waals surface area contributed by atoms with Crippen LogP contribution in [0.4, 0.5) is 5.69 Å². The van der Waals surface area contributed by atoms with Gasteiger partial charge in [0.2, 0.25) is 0 Å². The van der Waals surface area contributed by atoms with Crippen LogP contribution in [0.5, 0.6) is 0 Å². The third-order valence-electron chi connectivity index (χ3n) is 4.68. The molecule has 6 heteroatoms. The maximum Gasteiger partial charge on any atom is 0.285 e. The maximum absolute atomic E-state index is 11.8. The highest BCUT2D eigenvalue weighted by atomic mass is 16.6. The molecule has 1 aliphatic carbocycles. The fourth-order valence-electron chi connectivity index (χ4n) is 3.48. The predicted octanol–water partition coefficient (Wildman–Crippen LogP) is 2.68. The lowest BCUT2D eigenvalue weighted by atomic mass is 9.94. The van der Waals surface area contributed by atoms with E-state index in [9.17, 15) is 14.9 Å². The van der Waals surface area contributed by atoms with Gasteiger partial charge in [0.15, 0.2) is 0 Å². The largest absolute Gasteiger partial charge is 0.312 e. The lowest BCUT2D eigenvalue weighted by Crippen LogP contribution is -2.35. The van der Waals surface area contributed by atoms with Crippen LogP contribution in [0.3, 0.4) is 0 Å². The van der Waals surface area contributed by atoms with Crippen molar-refractivity contribution in [3.05, 3.63) is 74.7 Å². The molecule has 0 bridgehead atoms.